The first-order valence-corrected chi connectivity index (χ1v) is 8.53. The maximum absolute atomic E-state index is 13.0. The minimum Gasteiger partial charge on any atom is -0.497 e. The largest absolute Gasteiger partial charge is 0.497 e. The fourth-order valence-corrected chi connectivity index (χ4v) is 2.92. The highest BCUT2D eigenvalue weighted by atomic mass is 16.5. The van der Waals surface area contributed by atoms with Crippen LogP contribution in [0.3, 0.4) is 0 Å². The molecule has 0 bridgehead atoms. The van der Waals surface area contributed by atoms with Gasteiger partial charge in [-0.3, -0.25) is 9.69 Å². The fourth-order valence-electron chi connectivity index (χ4n) is 2.92. The lowest BCUT2D eigenvalue weighted by Crippen LogP contribution is -2.40. The summed E-state index contributed by atoms with van der Waals surface area (Å²) >= 11 is 0. The van der Waals surface area contributed by atoms with Gasteiger partial charge in [-0.2, -0.15) is 0 Å². The summed E-state index contributed by atoms with van der Waals surface area (Å²) in [6.07, 6.45) is 1.92. The Morgan fingerprint density at radius 3 is 2.62 bits per heavy atom. The van der Waals surface area contributed by atoms with Gasteiger partial charge in [-0.1, -0.05) is 25.5 Å². The standard InChI is InChI=1S/C17H22N6O3/c1-4-5-10-23-14(19-20-21-23)11-22-15(24)17(2,18-16(22)25)12-6-8-13(26-3)9-7-12/h6-9H,4-5,10-11H2,1-3H3,(H,18,25)/t17-/m0/s1. The third-order valence-corrected chi connectivity index (χ3v) is 4.57. The number of tetrazole rings is 1. The minimum absolute atomic E-state index is 0.0348. The molecule has 3 amide bonds. The van der Waals surface area contributed by atoms with Crippen molar-refractivity contribution in [3.63, 3.8) is 0 Å². The first-order valence-electron chi connectivity index (χ1n) is 8.53. The zero-order valence-electron chi connectivity index (χ0n) is 15.1. The number of unbranched alkanes of at least 4 members (excludes halogenated alkanes) is 1. The number of methoxy groups -OCH3 is 1. The van der Waals surface area contributed by atoms with Crippen LogP contribution in [-0.2, 0) is 23.4 Å². The second kappa shape index (κ2) is 7.11. The van der Waals surface area contributed by atoms with Gasteiger partial charge in [0.1, 0.15) is 11.3 Å². The molecular weight excluding hydrogens is 336 g/mol. The average Bonchev–Trinajstić information content (AvgIpc) is 3.18. The molecule has 26 heavy (non-hydrogen) atoms. The molecule has 3 rings (SSSR count). The smallest absolute Gasteiger partial charge is 0.325 e. The Kier molecular flexibility index (Phi) is 4.88. The molecule has 1 aromatic heterocycles. The predicted octanol–water partition coefficient (Wildman–Crippen LogP) is 1.45. The van der Waals surface area contributed by atoms with E-state index in [0.29, 0.717) is 23.7 Å². The molecule has 0 unspecified atom stereocenters. The van der Waals surface area contributed by atoms with E-state index in [0.717, 1.165) is 17.7 Å². The van der Waals surface area contributed by atoms with Crippen LogP contribution in [0, 0.1) is 0 Å². The molecule has 138 valence electrons. The van der Waals surface area contributed by atoms with Gasteiger partial charge in [0.15, 0.2) is 5.82 Å². The molecule has 1 aromatic carbocycles. The molecule has 0 radical (unpaired) electrons. The Morgan fingerprint density at radius 2 is 1.96 bits per heavy atom. The molecule has 0 aliphatic carbocycles. The van der Waals surface area contributed by atoms with Crippen LogP contribution in [0.25, 0.3) is 0 Å². The van der Waals surface area contributed by atoms with Crippen molar-refractivity contribution in [3.8, 4) is 5.75 Å². The van der Waals surface area contributed by atoms with Crippen LogP contribution < -0.4 is 10.1 Å². The highest BCUT2D eigenvalue weighted by Crippen LogP contribution is 2.30. The van der Waals surface area contributed by atoms with Crippen molar-refractivity contribution in [1.82, 2.24) is 30.4 Å². The molecule has 0 saturated carbocycles. The number of hydrogen-bond acceptors (Lipinski definition) is 6. The maximum atomic E-state index is 13.0. The van der Waals surface area contributed by atoms with Crippen LogP contribution in [0.2, 0.25) is 0 Å². The third-order valence-electron chi connectivity index (χ3n) is 4.57. The summed E-state index contributed by atoms with van der Waals surface area (Å²) in [4.78, 5) is 26.6. The van der Waals surface area contributed by atoms with E-state index < -0.39 is 11.6 Å². The number of hydrogen-bond donors (Lipinski definition) is 1. The van der Waals surface area contributed by atoms with Crippen LogP contribution >= 0.6 is 0 Å². The molecule has 1 atom stereocenters. The molecule has 9 nitrogen and oxygen atoms in total. The summed E-state index contributed by atoms with van der Waals surface area (Å²) in [5, 5.41) is 14.3. The molecule has 2 heterocycles. The summed E-state index contributed by atoms with van der Waals surface area (Å²) in [5.74, 6) is 0.833. The summed E-state index contributed by atoms with van der Waals surface area (Å²) in [5.41, 5.74) is -0.449. The number of urea groups is 1. The topological polar surface area (TPSA) is 102 Å². The van der Waals surface area contributed by atoms with Crippen molar-refractivity contribution in [2.45, 2.75) is 45.3 Å². The lowest BCUT2D eigenvalue weighted by atomic mass is 9.92. The Hall–Kier alpha value is -2.97. The Bertz CT molecular complexity index is 803. The molecule has 0 spiro atoms. The van der Waals surface area contributed by atoms with Gasteiger partial charge in [-0.15, -0.1) is 5.10 Å². The van der Waals surface area contributed by atoms with Crippen molar-refractivity contribution in [3.05, 3.63) is 35.7 Å². The van der Waals surface area contributed by atoms with Gasteiger partial charge in [-0.25, -0.2) is 9.48 Å². The number of benzene rings is 1. The normalized spacial score (nSPS) is 19.7. The lowest BCUT2D eigenvalue weighted by Gasteiger charge is -2.22. The van der Waals surface area contributed by atoms with Gasteiger partial charge in [0.25, 0.3) is 5.91 Å². The summed E-state index contributed by atoms with van der Waals surface area (Å²) in [6, 6.07) is 6.60. The second-order valence-electron chi connectivity index (χ2n) is 6.35. The van der Waals surface area contributed by atoms with Crippen LogP contribution in [0.4, 0.5) is 4.79 Å². The third kappa shape index (κ3) is 3.12. The second-order valence-corrected chi connectivity index (χ2v) is 6.35. The number of aryl methyl sites for hydroxylation is 1. The average molecular weight is 358 g/mol. The van der Waals surface area contributed by atoms with Gasteiger partial charge < -0.3 is 10.1 Å². The van der Waals surface area contributed by atoms with Crippen molar-refractivity contribution in [1.29, 1.82) is 0 Å². The monoisotopic (exact) mass is 358 g/mol. The number of rotatable bonds is 7. The van der Waals surface area contributed by atoms with Crippen LogP contribution in [-0.4, -0.2) is 44.2 Å². The van der Waals surface area contributed by atoms with E-state index >= 15 is 0 Å². The molecule has 1 N–H and O–H groups in total. The molecule has 2 aromatic rings. The van der Waals surface area contributed by atoms with Gasteiger partial charge in [0, 0.05) is 6.54 Å². The number of nitrogens with one attached hydrogen (secondary N) is 1. The highest BCUT2D eigenvalue weighted by Gasteiger charge is 2.49. The van der Waals surface area contributed by atoms with Crippen molar-refractivity contribution < 1.29 is 14.3 Å². The van der Waals surface area contributed by atoms with Crippen molar-refractivity contribution >= 4 is 11.9 Å². The lowest BCUT2D eigenvalue weighted by molar-refractivity contribution is -0.131. The summed E-state index contributed by atoms with van der Waals surface area (Å²) < 4.78 is 6.77. The van der Waals surface area contributed by atoms with Crippen LogP contribution in [0.15, 0.2) is 24.3 Å². The fraction of sp³-hybridized carbons (Fsp3) is 0.471. The van der Waals surface area contributed by atoms with Gasteiger partial charge in [-0.05, 0) is 41.5 Å². The zero-order valence-corrected chi connectivity index (χ0v) is 15.1. The molecule has 1 fully saturated rings. The first-order chi connectivity index (χ1) is 12.5. The zero-order chi connectivity index (χ0) is 18.7. The summed E-state index contributed by atoms with van der Waals surface area (Å²) in [7, 11) is 1.57. The van der Waals surface area contributed by atoms with E-state index in [9.17, 15) is 9.59 Å². The first kappa shape index (κ1) is 17.8. The Balaban J connectivity index is 1.81. The molecule has 9 heteroatoms. The number of amides is 3. The molecule has 1 aliphatic rings. The van der Waals surface area contributed by atoms with Gasteiger partial charge >= 0.3 is 6.03 Å². The number of ether oxygens (including phenoxy) is 1. The van der Waals surface area contributed by atoms with Crippen molar-refractivity contribution in [2.75, 3.05) is 7.11 Å². The van der Waals surface area contributed by atoms with Crippen molar-refractivity contribution in [2.24, 2.45) is 0 Å². The van der Waals surface area contributed by atoms with Crippen LogP contribution in [0.5, 0.6) is 5.75 Å². The van der Waals surface area contributed by atoms with Gasteiger partial charge in [0.05, 0.1) is 13.7 Å². The highest BCUT2D eigenvalue weighted by molar-refractivity contribution is 6.07. The Morgan fingerprint density at radius 1 is 1.23 bits per heavy atom. The van der Waals surface area contributed by atoms with Gasteiger partial charge in [0.2, 0.25) is 0 Å². The van der Waals surface area contributed by atoms with Crippen LogP contribution in [0.1, 0.15) is 38.1 Å². The number of carbonyl (C=O) groups excluding carboxylic acids is 2. The van der Waals surface area contributed by atoms with E-state index in [1.165, 1.54) is 0 Å². The Labute approximate surface area is 151 Å². The van der Waals surface area contributed by atoms with E-state index in [2.05, 4.69) is 27.8 Å². The quantitative estimate of drug-likeness (QED) is 0.752. The van der Waals surface area contributed by atoms with E-state index in [-0.39, 0.29) is 12.5 Å². The summed E-state index contributed by atoms with van der Waals surface area (Å²) in [6.45, 7) is 4.45. The molecular formula is C17H22N6O3. The minimum atomic E-state index is -1.13. The van der Waals surface area contributed by atoms with E-state index in [4.69, 9.17) is 4.74 Å². The van der Waals surface area contributed by atoms with E-state index in [1.807, 2.05) is 0 Å². The van der Waals surface area contributed by atoms with E-state index in [1.54, 1.807) is 43.0 Å². The maximum Gasteiger partial charge on any atom is 0.325 e. The molecule has 1 saturated heterocycles. The number of aromatic nitrogens is 4. The number of carbonyl (C=O) groups is 2. The SMILES string of the molecule is CCCCn1nnnc1CN1C(=O)N[C@@](C)(c2ccc(OC)cc2)C1=O. The number of nitrogens with zero attached hydrogens (tertiary/aromatic N) is 5. The predicted molar refractivity (Wildman–Crippen MR) is 92.2 cm³/mol. The molecule has 1 aliphatic heterocycles. The number of imide groups is 1.